The monoisotopic (exact) mass is 318 g/mol. The number of nitrogens with zero attached hydrogens (tertiary/aromatic N) is 4. The second-order valence-electron chi connectivity index (χ2n) is 4.96. The van der Waals surface area contributed by atoms with Gasteiger partial charge >= 0.3 is 12.2 Å². The van der Waals surface area contributed by atoms with E-state index in [0.29, 0.717) is 35.9 Å². The second kappa shape index (κ2) is 6.37. The van der Waals surface area contributed by atoms with Gasteiger partial charge in [0.1, 0.15) is 12.9 Å². The van der Waals surface area contributed by atoms with Crippen LogP contribution in [0.1, 0.15) is 18.2 Å². The Hall–Kier alpha value is -2.06. The van der Waals surface area contributed by atoms with Gasteiger partial charge in [0.05, 0.1) is 24.4 Å². The fraction of sp³-hybridized carbons (Fsp3) is 0.615. The SMILES string of the molecule is CCOc1ncnc2c1CN(C(=O)N(C)CC(F)(F)F)CC2. The Morgan fingerprint density at radius 2 is 2.18 bits per heavy atom. The zero-order valence-electron chi connectivity index (χ0n) is 12.4. The molecule has 0 spiro atoms. The number of carbonyl (C=O) groups excluding carboxylic acids is 1. The number of urea groups is 1. The molecule has 2 heterocycles. The van der Waals surface area contributed by atoms with E-state index in [-0.39, 0.29) is 6.54 Å². The first-order valence-electron chi connectivity index (χ1n) is 6.84. The number of alkyl halides is 3. The van der Waals surface area contributed by atoms with E-state index in [1.165, 1.54) is 11.2 Å². The number of halogens is 3. The lowest BCUT2D eigenvalue weighted by Crippen LogP contribution is -2.46. The van der Waals surface area contributed by atoms with Crippen LogP contribution < -0.4 is 4.74 Å². The number of hydrogen-bond acceptors (Lipinski definition) is 4. The van der Waals surface area contributed by atoms with Crippen molar-refractivity contribution in [1.82, 2.24) is 19.8 Å². The molecule has 2 rings (SSSR count). The Morgan fingerprint density at radius 1 is 1.45 bits per heavy atom. The van der Waals surface area contributed by atoms with E-state index in [0.717, 1.165) is 12.7 Å². The lowest BCUT2D eigenvalue weighted by molar-refractivity contribution is -0.138. The molecule has 0 N–H and O–H groups in total. The van der Waals surface area contributed by atoms with Crippen molar-refractivity contribution in [3.05, 3.63) is 17.6 Å². The van der Waals surface area contributed by atoms with Crippen molar-refractivity contribution in [3.63, 3.8) is 0 Å². The molecule has 0 atom stereocenters. The molecule has 1 aromatic rings. The smallest absolute Gasteiger partial charge is 0.406 e. The minimum absolute atomic E-state index is 0.145. The lowest BCUT2D eigenvalue weighted by Gasteiger charge is -2.32. The van der Waals surface area contributed by atoms with Crippen LogP contribution >= 0.6 is 0 Å². The molecule has 0 radical (unpaired) electrons. The summed E-state index contributed by atoms with van der Waals surface area (Å²) in [4.78, 5) is 22.3. The highest BCUT2D eigenvalue weighted by Gasteiger charge is 2.34. The number of carbonyl (C=O) groups is 1. The standard InChI is InChI=1S/C13H17F3N4O2/c1-3-22-11-9-6-20(5-4-10(9)17-8-18-11)12(21)19(2)7-13(14,15)16/h8H,3-7H2,1-2H3. The van der Waals surface area contributed by atoms with E-state index in [9.17, 15) is 18.0 Å². The van der Waals surface area contributed by atoms with Gasteiger partial charge in [-0.25, -0.2) is 14.8 Å². The molecule has 0 fully saturated rings. The predicted molar refractivity (Wildman–Crippen MR) is 71.4 cm³/mol. The van der Waals surface area contributed by atoms with Gasteiger partial charge in [0, 0.05) is 20.0 Å². The van der Waals surface area contributed by atoms with Gasteiger partial charge in [0.2, 0.25) is 5.88 Å². The maximum atomic E-state index is 12.4. The molecule has 0 saturated heterocycles. The van der Waals surface area contributed by atoms with Crippen molar-refractivity contribution in [2.45, 2.75) is 26.1 Å². The van der Waals surface area contributed by atoms with Crippen LogP contribution in [0.4, 0.5) is 18.0 Å². The summed E-state index contributed by atoms with van der Waals surface area (Å²) in [5, 5.41) is 0. The van der Waals surface area contributed by atoms with Gasteiger partial charge in [-0.2, -0.15) is 13.2 Å². The van der Waals surface area contributed by atoms with Gasteiger partial charge in [0.25, 0.3) is 0 Å². The predicted octanol–water partition coefficient (Wildman–Crippen LogP) is 1.85. The first-order chi connectivity index (χ1) is 10.3. The summed E-state index contributed by atoms with van der Waals surface area (Å²) in [5.41, 5.74) is 1.42. The topological polar surface area (TPSA) is 58.6 Å². The van der Waals surface area contributed by atoms with Crippen molar-refractivity contribution < 1.29 is 22.7 Å². The van der Waals surface area contributed by atoms with E-state index in [2.05, 4.69) is 9.97 Å². The number of hydrogen-bond donors (Lipinski definition) is 0. The van der Waals surface area contributed by atoms with E-state index >= 15 is 0 Å². The largest absolute Gasteiger partial charge is 0.478 e. The zero-order chi connectivity index (χ0) is 16.3. The van der Waals surface area contributed by atoms with Crippen LogP contribution in [0.25, 0.3) is 0 Å². The maximum Gasteiger partial charge on any atom is 0.406 e. The van der Waals surface area contributed by atoms with Crippen molar-refractivity contribution >= 4 is 6.03 Å². The quantitative estimate of drug-likeness (QED) is 0.853. The molecular weight excluding hydrogens is 301 g/mol. The highest BCUT2D eigenvalue weighted by atomic mass is 19.4. The molecule has 1 aromatic heterocycles. The Morgan fingerprint density at radius 3 is 2.82 bits per heavy atom. The molecule has 0 aromatic carbocycles. The van der Waals surface area contributed by atoms with E-state index < -0.39 is 18.8 Å². The average molecular weight is 318 g/mol. The number of fused-ring (bicyclic) bond motifs is 1. The molecule has 0 saturated carbocycles. The number of rotatable bonds is 3. The van der Waals surface area contributed by atoms with E-state index in [1.54, 1.807) is 6.92 Å². The first kappa shape index (κ1) is 16.3. The Balaban J connectivity index is 2.12. The van der Waals surface area contributed by atoms with Crippen LogP contribution in [0.2, 0.25) is 0 Å². The van der Waals surface area contributed by atoms with E-state index in [4.69, 9.17) is 4.74 Å². The van der Waals surface area contributed by atoms with Crippen LogP contribution in [0, 0.1) is 0 Å². The Bertz CT molecular complexity index is 551. The number of aromatic nitrogens is 2. The van der Waals surface area contributed by atoms with Gasteiger partial charge in [-0.1, -0.05) is 0 Å². The van der Waals surface area contributed by atoms with Gasteiger partial charge in [-0.15, -0.1) is 0 Å². The van der Waals surface area contributed by atoms with Crippen LogP contribution in [0.15, 0.2) is 6.33 Å². The molecule has 2 amide bonds. The van der Waals surface area contributed by atoms with Gasteiger partial charge in [-0.3, -0.25) is 0 Å². The van der Waals surface area contributed by atoms with Crippen LogP contribution in [0.5, 0.6) is 5.88 Å². The fourth-order valence-corrected chi connectivity index (χ4v) is 2.32. The third-order valence-corrected chi connectivity index (χ3v) is 3.26. The summed E-state index contributed by atoms with van der Waals surface area (Å²) in [6, 6.07) is -0.672. The number of ether oxygens (including phenoxy) is 1. The molecule has 0 aliphatic carbocycles. The van der Waals surface area contributed by atoms with Crippen LogP contribution in [-0.4, -0.2) is 58.7 Å². The van der Waals surface area contributed by atoms with Crippen molar-refractivity contribution in [1.29, 1.82) is 0 Å². The summed E-state index contributed by atoms with van der Waals surface area (Å²) in [6.45, 7) is 1.39. The molecule has 9 heteroatoms. The van der Waals surface area contributed by atoms with Gasteiger partial charge in [0.15, 0.2) is 0 Å². The maximum absolute atomic E-state index is 12.4. The summed E-state index contributed by atoms with van der Waals surface area (Å²) < 4.78 is 42.5. The van der Waals surface area contributed by atoms with Crippen LogP contribution in [0.3, 0.4) is 0 Å². The molecule has 22 heavy (non-hydrogen) atoms. The van der Waals surface area contributed by atoms with Gasteiger partial charge < -0.3 is 14.5 Å². The fourth-order valence-electron chi connectivity index (χ4n) is 2.32. The van der Waals surface area contributed by atoms with Crippen molar-refractivity contribution in [2.75, 3.05) is 26.7 Å². The minimum atomic E-state index is -4.42. The first-order valence-corrected chi connectivity index (χ1v) is 6.84. The lowest BCUT2D eigenvalue weighted by atomic mass is 10.1. The molecular formula is C13H17F3N4O2. The second-order valence-corrected chi connectivity index (χ2v) is 4.96. The highest BCUT2D eigenvalue weighted by Crippen LogP contribution is 2.25. The minimum Gasteiger partial charge on any atom is -0.478 e. The summed E-state index contributed by atoms with van der Waals surface area (Å²) in [6.07, 6.45) is -2.57. The van der Waals surface area contributed by atoms with Crippen molar-refractivity contribution in [2.24, 2.45) is 0 Å². The average Bonchev–Trinajstić information content (AvgIpc) is 2.45. The Kier molecular flexibility index (Phi) is 4.72. The van der Waals surface area contributed by atoms with E-state index in [1.807, 2.05) is 0 Å². The zero-order valence-corrected chi connectivity index (χ0v) is 12.4. The molecule has 6 nitrogen and oxygen atoms in total. The molecule has 1 aliphatic heterocycles. The molecule has 0 unspecified atom stereocenters. The summed E-state index contributed by atoms with van der Waals surface area (Å²) in [7, 11) is 1.14. The summed E-state index contributed by atoms with van der Waals surface area (Å²) >= 11 is 0. The highest BCUT2D eigenvalue weighted by molar-refractivity contribution is 5.74. The van der Waals surface area contributed by atoms with Crippen LogP contribution in [-0.2, 0) is 13.0 Å². The van der Waals surface area contributed by atoms with Gasteiger partial charge in [-0.05, 0) is 6.92 Å². The number of amides is 2. The molecule has 122 valence electrons. The third-order valence-electron chi connectivity index (χ3n) is 3.26. The molecule has 0 bridgehead atoms. The Labute approximate surface area is 125 Å². The molecule has 1 aliphatic rings. The third kappa shape index (κ3) is 3.77. The summed E-state index contributed by atoms with van der Waals surface area (Å²) in [5.74, 6) is 0.378. The normalized spacial score (nSPS) is 14.5. The van der Waals surface area contributed by atoms with Crippen molar-refractivity contribution in [3.8, 4) is 5.88 Å².